The van der Waals surface area contributed by atoms with Gasteiger partial charge in [-0.1, -0.05) is 18.2 Å². The van der Waals surface area contributed by atoms with Crippen molar-refractivity contribution in [3.63, 3.8) is 0 Å². The Hall–Kier alpha value is -2.55. The number of carbonyl (C=O) groups excluding carboxylic acids is 2. The van der Waals surface area contributed by atoms with Gasteiger partial charge in [0, 0.05) is 17.0 Å². The number of hydrogen-bond acceptors (Lipinski definition) is 3. The zero-order valence-electron chi connectivity index (χ0n) is 13.8. The third-order valence-corrected chi connectivity index (χ3v) is 5.05. The Balaban J connectivity index is 1.82. The second-order valence-corrected chi connectivity index (χ2v) is 6.94. The molecule has 0 spiro atoms. The summed E-state index contributed by atoms with van der Waals surface area (Å²) >= 11 is 0.562. The SMILES string of the molecule is O=C1CC(C(=O)Nc2ccccc2SCC(F)(F)F)c2ccc(F)cc2N1. The minimum Gasteiger partial charge on any atom is -0.326 e. The number of para-hydroxylation sites is 1. The quantitative estimate of drug-likeness (QED) is 0.587. The first-order valence-electron chi connectivity index (χ1n) is 7.92. The van der Waals surface area contributed by atoms with Crippen LogP contribution in [0.5, 0.6) is 0 Å². The molecule has 0 aliphatic carbocycles. The fourth-order valence-electron chi connectivity index (χ4n) is 2.75. The summed E-state index contributed by atoms with van der Waals surface area (Å²) in [6, 6.07) is 9.85. The molecule has 27 heavy (non-hydrogen) atoms. The van der Waals surface area contributed by atoms with Crippen LogP contribution in [0.4, 0.5) is 28.9 Å². The van der Waals surface area contributed by atoms with E-state index < -0.39 is 35.5 Å². The van der Waals surface area contributed by atoms with E-state index in [2.05, 4.69) is 10.6 Å². The molecule has 1 aliphatic heterocycles. The summed E-state index contributed by atoms with van der Waals surface area (Å²) in [5.74, 6) is -3.49. The van der Waals surface area contributed by atoms with Gasteiger partial charge in [0.2, 0.25) is 11.8 Å². The van der Waals surface area contributed by atoms with Crippen molar-refractivity contribution in [3.05, 3.63) is 53.8 Å². The van der Waals surface area contributed by atoms with Gasteiger partial charge in [-0.25, -0.2) is 4.39 Å². The highest BCUT2D eigenvalue weighted by molar-refractivity contribution is 7.99. The number of rotatable bonds is 4. The van der Waals surface area contributed by atoms with Crippen molar-refractivity contribution in [1.29, 1.82) is 0 Å². The van der Waals surface area contributed by atoms with E-state index in [1.165, 1.54) is 24.3 Å². The van der Waals surface area contributed by atoms with Gasteiger partial charge in [0.25, 0.3) is 0 Å². The molecule has 0 radical (unpaired) electrons. The van der Waals surface area contributed by atoms with E-state index in [0.29, 0.717) is 17.3 Å². The second kappa shape index (κ2) is 7.59. The molecule has 0 saturated heterocycles. The number of fused-ring (bicyclic) bond motifs is 1. The average Bonchev–Trinajstić information content (AvgIpc) is 2.59. The number of alkyl halides is 3. The van der Waals surface area contributed by atoms with Crippen LogP contribution in [0.2, 0.25) is 0 Å². The molecule has 3 rings (SSSR count). The second-order valence-electron chi connectivity index (χ2n) is 5.93. The van der Waals surface area contributed by atoms with Gasteiger partial charge < -0.3 is 10.6 Å². The summed E-state index contributed by atoms with van der Waals surface area (Å²) in [6.45, 7) is 0. The smallest absolute Gasteiger partial charge is 0.326 e. The maximum Gasteiger partial charge on any atom is 0.398 e. The Morgan fingerprint density at radius 1 is 1.22 bits per heavy atom. The monoisotopic (exact) mass is 398 g/mol. The van der Waals surface area contributed by atoms with Gasteiger partial charge >= 0.3 is 6.18 Å². The molecule has 2 aromatic carbocycles. The minimum absolute atomic E-state index is 0.137. The zero-order valence-corrected chi connectivity index (χ0v) is 14.6. The number of anilines is 2. The number of benzene rings is 2. The van der Waals surface area contributed by atoms with Crippen molar-refractivity contribution in [3.8, 4) is 0 Å². The van der Waals surface area contributed by atoms with Crippen LogP contribution in [0, 0.1) is 5.82 Å². The average molecular weight is 398 g/mol. The third-order valence-electron chi connectivity index (χ3n) is 3.91. The maximum atomic E-state index is 13.4. The van der Waals surface area contributed by atoms with Gasteiger partial charge in [0.1, 0.15) is 5.82 Å². The molecule has 2 amide bonds. The number of halogens is 4. The summed E-state index contributed by atoms with van der Waals surface area (Å²) < 4.78 is 50.8. The first-order chi connectivity index (χ1) is 12.7. The molecule has 0 bridgehead atoms. The molecular weight excluding hydrogens is 384 g/mol. The molecule has 1 heterocycles. The van der Waals surface area contributed by atoms with Gasteiger partial charge in [-0.2, -0.15) is 13.2 Å². The van der Waals surface area contributed by atoms with Crippen molar-refractivity contribution >= 4 is 35.0 Å². The van der Waals surface area contributed by atoms with Crippen LogP contribution < -0.4 is 10.6 Å². The highest BCUT2D eigenvalue weighted by atomic mass is 32.2. The van der Waals surface area contributed by atoms with Crippen LogP contribution >= 0.6 is 11.8 Å². The molecule has 9 heteroatoms. The van der Waals surface area contributed by atoms with Crippen molar-refractivity contribution in [2.45, 2.75) is 23.4 Å². The third kappa shape index (κ3) is 4.79. The molecule has 142 valence electrons. The predicted molar refractivity (Wildman–Crippen MR) is 94.2 cm³/mol. The van der Waals surface area contributed by atoms with Gasteiger partial charge in [0.15, 0.2) is 0 Å². The summed E-state index contributed by atoms with van der Waals surface area (Å²) in [4.78, 5) is 24.8. The molecule has 1 atom stereocenters. The Bertz CT molecular complexity index is 886. The Morgan fingerprint density at radius 2 is 1.96 bits per heavy atom. The van der Waals surface area contributed by atoms with E-state index in [0.717, 1.165) is 6.07 Å². The Morgan fingerprint density at radius 3 is 2.70 bits per heavy atom. The number of carbonyl (C=O) groups is 2. The van der Waals surface area contributed by atoms with Crippen LogP contribution in [0.15, 0.2) is 47.4 Å². The molecular formula is C18H14F4N2O2S. The zero-order chi connectivity index (χ0) is 19.6. The standard InChI is InChI=1S/C18H14F4N2O2S/c19-10-5-6-11-12(8-16(25)23-14(11)7-10)17(26)24-13-3-1-2-4-15(13)27-9-18(20,21)22/h1-7,12H,8-9H2,(H,23,25)(H,24,26). The predicted octanol–water partition coefficient (Wildman–Crippen LogP) is 4.54. The summed E-state index contributed by atoms with van der Waals surface area (Å²) in [6.07, 6.45) is -4.48. The maximum absolute atomic E-state index is 13.4. The summed E-state index contributed by atoms with van der Waals surface area (Å²) in [7, 11) is 0. The van der Waals surface area contributed by atoms with Gasteiger partial charge in [-0.05, 0) is 29.8 Å². The lowest BCUT2D eigenvalue weighted by molar-refractivity contribution is -0.123. The molecule has 1 unspecified atom stereocenters. The number of amides is 2. The van der Waals surface area contributed by atoms with Crippen molar-refractivity contribution in [2.24, 2.45) is 0 Å². The fourth-order valence-corrected chi connectivity index (χ4v) is 3.51. The molecule has 4 nitrogen and oxygen atoms in total. The lowest BCUT2D eigenvalue weighted by atomic mass is 9.89. The van der Waals surface area contributed by atoms with E-state index in [9.17, 15) is 27.2 Å². The fraction of sp³-hybridized carbons (Fsp3) is 0.222. The molecule has 1 aliphatic rings. The number of thioether (sulfide) groups is 1. The van der Waals surface area contributed by atoms with Crippen LogP contribution in [-0.2, 0) is 9.59 Å². The summed E-state index contributed by atoms with van der Waals surface area (Å²) in [5.41, 5.74) is 0.895. The molecule has 2 N–H and O–H groups in total. The highest BCUT2D eigenvalue weighted by Gasteiger charge is 2.32. The van der Waals surface area contributed by atoms with Gasteiger partial charge in [-0.15, -0.1) is 11.8 Å². The number of nitrogens with one attached hydrogen (secondary N) is 2. The van der Waals surface area contributed by atoms with Crippen LogP contribution in [0.25, 0.3) is 0 Å². The molecule has 0 aromatic heterocycles. The van der Waals surface area contributed by atoms with E-state index in [1.807, 2.05) is 0 Å². The van der Waals surface area contributed by atoms with Crippen LogP contribution in [0.3, 0.4) is 0 Å². The van der Waals surface area contributed by atoms with Gasteiger partial charge in [-0.3, -0.25) is 9.59 Å². The number of hydrogen-bond donors (Lipinski definition) is 2. The molecule has 0 fully saturated rings. The lowest BCUT2D eigenvalue weighted by Crippen LogP contribution is -2.31. The van der Waals surface area contributed by atoms with Crippen molar-refractivity contribution in [2.75, 3.05) is 16.4 Å². The lowest BCUT2D eigenvalue weighted by Gasteiger charge is -2.25. The molecule has 0 saturated carbocycles. The minimum atomic E-state index is -4.34. The summed E-state index contributed by atoms with van der Waals surface area (Å²) in [5, 5.41) is 5.10. The Labute approximate surface area is 156 Å². The van der Waals surface area contributed by atoms with E-state index in [-0.39, 0.29) is 22.7 Å². The van der Waals surface area contributed by atoms with Crippen LogP contribution in [0.1, 0.15) is 17.9 Å². The van der Waals surface area contributed by atoms with Crippen molar-refractivity contribution < 1.29 is 27.2 Å². The van der Waals surface area contributed by atoms with Crippen molar-refractivity contribution in [1.82, 2.24) is 0 Å². The van der Waals surface area contributed by atoms with E-state index in [4.69, 9.17) is 0 Å². The molecule has 2 aromatic rings. The first-order valence-corrected chi connectivity index (χ1v) is 8.90. The Kier molecular flexibility index (Phi) is 5.41. The van der Waals surface area contributed by atoms with Crippen LogP contribution in [-0.4, -0.2) is 23.7 Å². The van der Waals surface area contributed by atoms with Gasteiger partial charge in [0.05, 0.1) is 17.4 Å². The normalized spacial score (nSPS) is 16.4. The first kappa shape index (κ1) is 19.2. The largest absolute Gasteiger partial charge is 0.398 e. The van der Waals surface area contributed by atoms with E-state index in [1.54, 1.807) is 12.1 Å². The topological polar surface area (TPSA) is 58.2 Å². The van der Waals surface area contributed by atoms with E-state index >= 15 is 0 Å². The highest BCUT2D eigenvalue weighted by Crippen LogP contribution is 2.36.